The maximum atomic E-state index is 11.1. The Balaban J connectivity index is 2.40. The fraction of sp³-hybridized carbons (Fsp3) is 0.769. The molecule has 104 valence electrons. The number of hydrogen-bond acceptors (Lipinski definition) is 4. The minimum absolute atomic E-state index is 0.0191. The van der Waals surface area contributed by atoms with Crippen LogP contribution in [0.1, 0.15) is 33.1 Å². The first kappa shape index (κ1) is 15.1. The van der Waals surface area contributed by atoms with Gasteiger partial charge in [0, 0.05) is 0 Å². The Morgan fingerprint density at radius 1 is 1.61 bits per heavy atom. The maximum Gasteiger partial charge on any atom is 0.243 e. The van der Waals surface area contributed by atoms with Gasteiger partial charge in [0.15, 0.2) is 6.29 Å². The molecule has 0 aromatic rings. The molecule has 1 aliphatic heterocycles. The van der Waals surface area contributed by atoms with Crippen molar-refractivity contribution in [2.24, 2.45) is 0 Å². The number of aliphatic hydroxyl groups is 1. The summed E-state index contributed by atoms with van der Waals surface area (Å²) in [4.78, 5) is 11.1. The quantitative estimate of drug-likeness (QED) is 0.696. The monoisotopic (exact) mass is 257 g/mol. The lowest BCUT2D eigenvalue weighted by Gasteiger charge is -2.35. The van der Waals surface area contributed by atoms with Gasteiger partial charge in [-0.05, 0) is 32.3 Å². The Hall–Kier alpha value is -0.910. The van der Waals surface area contributed by atoms with Crippen molar-refractivity contribution in [1.29, 1.82) is 0 Å². The largest absolute Gasteiger partial charge is 0.393 e. The van der Waals surface area contributed by atoms with Crippen LogP contribution in [0.25, 0.3) is 0 Å². The van der Waals surface area contributed by atoms with Gasteiger partial charge in [-0.3, -0.25) is 4.79 Å². The number of rotatable bonds is 6. The number of aliphatic hydroxyl groups excluding tert-OH is 1. The van der Waals surface area contributed by atoms with E-state index in [2.05, 4.69) is 11.9 Å². The van der Waals surface area contributed by atoms with Gasteiger partial charge in [-0.15, -0.1) is 0 Å². The summed E-state index contributed by atoms with van der Waals surface area (Å²) in [5.74, 6) is -0.245. The Labute approximate surface area is 108 Å². The van der Waals surface area contributed by atoms with Gasteiger partial charge in [-0.1, -0.05) is 13.5 Å². The smallest absolute Gasteiger partial charge is 0.243 e. The van der Waals surface area contributed by atoms with Gasteiger partial charge in [0.25, 0.3) is 0 Å². The molecule has 0 aliphatic carbocycles. The Morgan fingerprint density at radius 2 is 2.33 bits per heavy atom. The number of carbonyl (C=O) groups excluding carboxylic acids is 1. The zero-order valence-corrected chi connectivity index (χ0v) is 11.1. The zero-order chi connectivity index (χ0) is 13.5. The summed E-state index contributed by atoms with van der Waals surface area (Å²) in [6, 6.07) is 0. The van der Waals surface area contributed by atoms with Crippen LogP contribution in [0.3, 0.4) is 0 Å². The van der Waals surface area contributed by atoms with E-state index in [-0.39, 0.29) is 24.2 Å². The van der Waals surface area contributed by atoms with Crippen LogP contribution in [-0.2, 0) is 14.3 Å². The second kappa shape index (κ2) is 7.51. The van der Waals surface area contributed by atoms with Crippen molar-refractivity contribution in [2.75, 3.05) is 6.54 Å². The molecule has 0 bridgehead atoms. The highest BCUT2D eigenvalue weighted by atomic mass is 16.7. The molecule has 1 fully saturated rings. The summed E-state index contributed by atoms with van der Waals surface area (Å²) in [5, 5.41) is 12.3. The van der Waals surface area contributed by atoms with Crippen LogP contribution >= 0.6 is 0 Å². The number of ether oxygens (including phenoxy) is 2. The number of hydrogen-bond donors (Lipinski definition) is 2. The summed E-state index contributed by atoms with van der Waals surface area (Å²) in [5.41, 5.74) is 0. The Morgan fingerprint density at radius 3 is 2.94 bits per heavy atom. The predicted molar refractivity (Wildman–Crippen MR) is 67.9 cm³/mol. The molecule has 0 spiro atoms. The van der Waals surface area contributed by atoms with Gasteiger partial charge < -0.3 is 19.9 Å². The second-order valence-electron chi connectivity index (χ2n) is 4.62. The molecule has 0 aromatic heterocycles. The lowest BCUT2D eigenvalue weighted by Crippen LogP contribution is -2.44. The third kappa shape index (κ3) is 5.16. The van der Waals surface area contributed by atoms with Crippen molar-refractivity contribution in [1.82, 2.24) is 5.32 Å². The lowest BCUT2D eigenvalue weighted by molar-refractivity contribution is -0.239. The fourth-order valence-electron chi connectivity index (χ4n) is 1.96. The lowest BCUT2D eigenvalue weighted by atomic mass is 10.0. The molecule has 1 heterocycles. The van der Waals surface area contributed by atoms with Crippen molar-refractivity contribution in [3.8, 4) is 0 Å². The standard InChI is InChI=1S/C13H23NO4/c1-4-10(15)7-11-6-9(3)17-13(18-11)8-14-12(16)5-2/h5,9-11,13,15H,2,4,6-8H2,1,3H3,(H,14,16). The third-order valence-corrected chi connectivity index (χ3v) is 2.96. The molecule has 4 atom stereocenters. The van der Waals surface area contributed by atoms with E-state index in [1.165, 1.54) is 6.08 Å². The molecule has 5 heteroatoms. The van der Waals surface area contributed by atoms with Crippen LogP contribution in [0.2, 0.25) is 0 Å². The summed E-state index contributed by atoms with van der Waals surface area (Å²) in [6.07, 6.45) is 2.56. The van der Waals surface area contributed by atoms with Crippen LogP contribution in [0.4, 0.5) is 0 Å². The highest BCUT2D eigenvalue weighted by Crippen LogP contribution is 2.22. The molecule has 5 nitrogen and oxygen atoms in total. The van der Waals surface area contributed by atoms with Crippen LogP contribution < -0.4 is 5.32 Å². The molecule has 1 rings (SSSR count). The second-order valence-corrected chi connectivity index (χ2v) is 4.62. The first-order valence-electron chi connectivity index (χ1n) is 6.44. The third-order valence-electron chi connectivity index (χ3n) is 2.96. The normalized spacial score (nSPS) is 29.6. The number of carbonyl (C=O) groups is 1. The average molecular weight is 257 g/mol. The van der Waals surface area contributed by atoms with E-state index in [9.17, 15) is 9.90 Å². The Bertz CT molecular complexity index is 282. The minimum Gasteiger partial charge on any atom is -0.393 e. The first-order chi connectivity index (χ1) is 8.55. The van der Waals surface area contributed by atoms with E-state index in [0.717, 1.165) is 6.42 Å². The van der Waals surface area contributed by atoms with Crippen LogP contribution in [0.5, 0.6) is 0 Å². The van der Waals surface area contributed by atoms with Crippen molar-refractivity contribution in [3.05, 3.63) is 12.7 Å². The summed E-state index contributed by atoms with van der Waals surface area (Å²) in [6.45, 7) is 7.59. The van der Waals surface area contributed by atoms with E-state index >= 15 is 0 Å². The SMILES string of the molecule is C=CC(=O)NCC1OC(C)CC(CC(O)CC)O1. The molecular formula is C13H23NO4. The average Bonchev–Trinajstić information content (AvgIpc) is 2.35. The summed E-state index contributed by atoms with van der Waals surface area (Å²) >= 11 is 0. The van der Waals surface area contributed by atoms with Gasteiger partial charge in [0.2, 0.25) is 5.91 Å². The summed E-state index contributed by atoms with van der Waals surface area (Å²) in [7, 11) is 0. The molecule has 18 heavy (non-hydrogen) atoms. The highest BCUT2D eigenvalue weighted by molar-refractivity contribution is 5.86. The first-order valence-corrected chi connectivity index (χ1v) is 6.44. The molecule has 0 aromatic carbocycles. The van der Waals surface area contributed by atoms with E-state index in [4.69, 9.17) is 9.47 Å². The maximum absolute atomic E-state index is 11.1. The van der Waals surface area contributed by atoms with Gasteiger partial charge in [0.1, 0.15) is 0 Å². The molecule has 1 saturated heterocycles. The molecule has 0 radical (unpaired) electrons. The van der Waals surface area contributed by atoms with Crippen molar-refractivity contribution in [2.45, 2.75) is 57.7 Å². The molecule has 1 amide bonds. The highest BCUT2D eigenvalue weighted by Gasteiger charge is 2.28. The molecule has 0 saturated carbocycles. The molecule has 4 unspecified atom stereocenters. The van der Waals surface area contributed by atoms with Crippen LogP contribution in [-0.4, -0.2) is 42.2 Å². The number of amides is 1. The number of nitrogens with one attached hydrogen (secondary N) is 1. The molecule has 1 aliphatic rings. The van der Waals surface area contributed by atoms with Crippen molar-refractivity contribution in [3.63, 3.8) is 0 Å². The van der Waals surface area contributed by atoms with Crippen molar-refractivity contribution < 1.29 is 19.4 Å². The summed E-state index contributed by atoms with van der Waals surface area (Å²) < 4.78 is 11.3. The van der Waals surface area contributed by atoms with E-state index < -0.39 is 6.29 Å². The molecular weight excluding hydrogens is 234 g/mol. The van der Waals surface area contributed by atoms with Gasteiger partial charge >= 0.3 is 0 Å². The zero-order valence-electron chi connectivity index (χ0n) is 11.1. The van der Waals surface area contributed by atoms with E-state index in [0.29, 0.717) is 19.4 Å². The topological polar surface area (TPSA) is 67.8 Å². The van der Waals surface area contributed by atoms with Gasteiger partial charge in [-0.2, -0.15) is 0 Å². The minimum atomic E-state index is -0.452. The fourth-order valence-corrected chi connectivity index (χ4v) is 1.96. The Kier molecular flexibility index (Phi) is 6.32. The molecule has 2 N–H and O–H groups in total. The van der Waals surface area contributed by atoms with E-state index in [1.54, 1.807) is 0 Å². The van der Waals surface area contributed by atoms with Crippen LogP contribution in [0.15, 0.2) is 12.7 Å². The predicted octanol–water partition coefficient (Wildman–Crippen LogP) is 0.970. The van der Waals surface area contributed by atoms with Crippen molar-refractivity contribution >= 4 is 5.91 Å². The van der Waals surface area contributed by atoms with Gasteiger partial charge in [0.05, 0.1) is 24.9 Å². The van der Waals surface area contributed by atoms with Crippen LogP contribution in [0, 0.1) is 0 Å². The van der Waals surface area contributed by atoms with E-state index in [1.807, 2.05) is 13.8 Å². The van der Waals surface area contributed by atoms with Gasteiger partial charge in [-0.25, -0.2) is 0 Å².